The van der Waals surface area contributed by atoms with Crippen molar-refractivity contribution in [2.75, 3.05) is 51.4 Å². The summed E-state index contributed by atoms with van der Waals surface area (Å²) in [5, 5.41) is 3.55. The second kappa shape index (κ2) is 10.5. The van der Waals surface area contributed by atoms with Gasteiger partial charge < -0.3 is 19.5 Å². The second-order valence-corrected chi connectivity index (χ2v) is 6.94. The summed E-state index contributed by atoms with van der Waals surface area (Å²) in [4.78, 5) is 18.5. The number of nitrogens with zero attached hydrogens (tertiary/aromatic N) is 2. The molecule has 2 heterocycles. The molecule has 1 aromatic carbocycles. The SMILES string of the molecule is O=C(COc1ccc(Cl)cc1Cl)Nc1ccc(OCCN2CCOCC2)nc1. The standard InChI is InChI=1S/C19H21Cl2N3O4/c20-14-1-3-17(16(21)11-14)28-13-18(25)23-15-2-4-19(22-12-15)27-10-7-24-5-8-26-9-6-24/h1-4,11-12H,5-10,13H2,(H,23,25). The first-order valence-electron chi connectivity index (χ1n) is 8.87. The molecule has 3 rings (SSSR count). The number of amides is 1. The van der Waals surface area contributed by atoms with Gasteiger partial charge in [-0.2, -0.15) is 0 Å². The summed E-state index contributed by atoms with van der Waals surface area (Å²) in [6.45, 7) is 4.57. The minimum atomic E-state index is -0.325. The average molecular weight is 426 g/mol. The van der Waals surface area contributed by atoms with E-state index < -0.39 is 0 Å². The highest BCUT2D eigenvalue weighted by Crippen LogP contribution is 2.27. The summed E-state index contributed by atoms with van der Waals surface area (Å²) in [7, 11) is 0. The molecule has 0 unspecified atom stereocenters. The highest BCUT2D eigenvalue weighted by Gasteiger charge is 2.10. The maximum atomic E-state index is 12.0. The summed E-state index contributed by atoms with van der Waals surface area (Å²) < 4.78 is 16.4. The highest BCUT2D eigenvalue weighted by molar-refractivity contribution is 6.35. The molecule has 9 heteroatoms. The number of morpholine rings is 1. The minimum absolute atomic E-state index is 0.181. The predicted octanol–water partition coefficient (Wildman–Crippen LogP) is 3.12. The highest BCUT2D eigenvalue weighted by atomic mass is 35.5. The van der Waals surface area contributed by atoms with Crippen LogP contribution in [0.25, 0.3) is 0 Å². The van der Waals surface area contributed by atoms with Crippen LogP contribution in [0, 0.1) is 0 Å². The third-order valence-corrected chi connectivity index (χ3v) is 4.56. The van der Waals surface area contributed by atoms with Crippen LogP contribution in [-0.4, -0.2) is 61.9 Å². The van der Waals surface area contributed by atoms with Gasteiger partial charge >= 0.3 is 0 Å². The minimum Gasteiger partial charge on any atom is -0.482 e. The Morgan fingerprint density at radius 2 is 2.00 bits per heavy atom. The quantitative estimate of drug-likeness (QED) is 0.700. The van der Waals surface area contributed by atoms with Crippen molar-refractivity contribution in [2.45, 2.75) is 0 Å². The molecule has 1 aliphatic rings. The van der Waals surface area contributed by atoms with E-state index in [0.29, 0.717) is 34.0 Å². The zero-order chi connectivity index (χ0) is 19.8. The van der Waals surface area contributed by atoms with Gasteiger partial charge in [0.25, 0.3) is 5.91 Å². The van der Waals surface area contributed by atoms with Crippen LogP contribution >= 0.6 is 23.2 Å². The average Bonchev–Trinajstić information content (AvgIpc) is 2.69. The van der Waals surface area contributed by atoms with Gasteiger partial charge in [-0.05, 0) is 24.3 Å². The number of pyridine rings is 1. The molecule has 0 saturated carbocycles. The summed E-state index contributed by atoms with van der Waals surface area (Å²) in [5.41, 5.74) is 0.552. The van der Waals surface area contributed by atoms with E-state index in [-0.39, 0.29) is 12.5 Å². The van der Waals surface area contributed by atoms with Crippen LogP contribution in [0.3, 0.4) is 0 Å². The zero-order valence-corrected chi connectivity index (χ0v) is 16.7. The summed E-state index contributed by atoms with van der Waals surface area (Å²) >= 11 is 11.8. The van der Waals surface area contributed by atoms with Crippen molar-refractivity contribution in [1.82, 2.24) is 9.88 Å². The molecule has 1 amide bonds. The van der Waals surface area contributed by atoms with Gasteiger partial charge in [0.15, 0.2) is 6.61 Å². The lowest BCUT2D eigenvalue weighted by molar-refractivity contribution is -0.118. The maximum Gasteiger partial charge on any atom is 0.262 e. The van der Waals surface area contributed by atoms with Crippen LogP contribution in [0.2, 0.25) is 10.0 Å². The molecule has 7 nitrogen and oxygen atoms in total. The monoisotopic (exact) mass is 425 g/mol. The van der Waals surface area contributed by atoms with Gasteiger partial charge in [-0.3, -0.25) is 9.69 Å². The van der Waals surface area contributed by atoms with E-state index in [1.807, 2.05) is 0 Å². The van der Waals surface area contributed by atoms with E-state index in [4.69, 9.17) is 37.4 Å². The van der Waals surface area contributed by atoms with Gasteiger partial charge in [-0.1, -0.05) is 23.2 Å². The van der Waals surface area contributed by atoms with Crippen molar-refractivity contribution in [2.24, 2.45) is 0 Å². The van der Waals surface area contributed by atoms with Gasteiger partial charge in [0.2, 0.25) is 5.88 Å². The molecule has 1 aliphatic heterocycles. The van der Waals surface area contributed by atoms with Crippen molar-refractivity contribution in [3.63, 3.8) is 0 Å². The number of carbonyl (C=O) groups is 1. The number of aromatic nitrogens is 1. The summed E-state index contributed by atoms with van der Waals surface area (Å²) in [6, 6.07) is 8.25. The number of ether oxygens (including phenoxy) is 3. The Balaban J connectivity index is 1.39. The van der Waals surface area contributed by atoms with E-state index in [1.54, 1.807) is 30.3 Å². The predicted molar refractivity (Wildman–Crippen MR) is 108 cm³/mol. The Morgan fingerprint density at radius 1 is 1.18 bits per heavy atom. The number of hydrogen-bond acceptors (Lipinski definition) is 6. The lowest BCUT2D eigenvalue weighted by Gasteiger charge is -2.26. The van der Waals surface area contributed by atoms with Gasteiger partial charge in [0.1, 0.15) is 12.4 Å². The van der Waals surface area contributed by atoms with E-state index >= 15 is 0 Å². The van der Waals surface area contributed by atoms with Crippen LogP contribution < -0.4 is 14.8 Å². The Hall–Kier alpha value is -2.06. The fourth-order valence-corrected chi connectivity index (χ4v) is 3.04. The molecular weight excluding hydrogens is 405 g/mol. The molecule has 28 heavy (non-hydrogen) atoms. The van der Waals surface area contributed by atoms with E-state index in [9.17, 15) is 4.79 Å². The zero-order valence-electron chi connectivity index (χ0n) is 15.2. The molecule has 1 N–H and O–H groups in total. The largest absolute Gasteiger partial charge is 0.482 e. The van der Waals surface area contributed by atoms with E-state index in [1.165, 1.54) is 6.20 Å². The van der Waals surface area contributed by atoms with Gasteiger partial charge in [0, 0.05) is 30.7 Å². The maximum absolute atomic E-state index is 12.0. The Kier molecular flexibility index (Phi) is 7.73. The Bertz CT molecular complexity index is 783. The molecule has 1 fully saturated rings. The first-order chi connectivity index (χ1) is 13.6. The van der Waals surface area contributed by atoms with E-state index in [0.717, 1.165) is 32.8 Å². The number of anilines is 1. The lowest BCUT2D eigenvalue weighted by Crippen LogP contribution is -2.38. The third-order valence-electron chi connectivity index (χ3n) is 4.03. The number of benzene rings is 1. The molecule has 2 aromatic rings. The van der Waals surface area contributed by atoms with Crippen molar-refractivity contribution in [3.8, 4) is 11.6 Å². The van der Waals surface area contributed by atoms with Crippen LogP contribution in [0.5, 0.6) is 11.6 Å². The molecule has 150 valence electrons. The van der Waals surface area contributed by atoms with Crippen LogP contribution in [0.1, 0.15) is 0 Å². The molecule has 0 aliphatic carbocycles. The molecule has 0 spiro atoms. The fraction of sp³-hybridized carbons (Fsp3) is 0.368. The first-order valence-corrected chi connectivity index (χ1v) is 9.62. The molecule has 0 atom stereocenters. The lowest BCUT2D eigenvalue weighted by atomic mass is 10.3. The number of hydrogen-bond donors (Lipinski definition) is 1. The second-order valence-electron chi connectivity index (χ2n) is 6.10. The van der Waals surface area contributed by atoms with Crippen LogP contribution in [0.15, 0.2) is 36.5 Å². The van der Waals surface area contributed by atoms with Gasteiger partial charge in [-0.25, -0.2) is 4.98 Å². The molecule has 0 bridgehead atoms. The Morgan fingerprint density at radius 3 is 2.71 bits per heavy atom. The molecule has 1 saturated heterocycles. The third kappa shape index (κ3) is 6.53. The number of halogens is 2. The van der Waals surface area contributed by atoms with Crippen molar-refractivity contribution < 1.29 is 19.0 Å². The topological polar surface area (TPSA) is 72.9 Å². The van der Waals surface area contributed by atoms with E-state index in [2.05, 4.69) is 15.2 Å². The number of rotatable bonds is 8. The first kappa shape index (κ1) is 20.7. The van der Waals surface area contributed by atoms with Crippen LogP contribution in [-0.2, 0) is 9.53 Å². The summed E-state index contributed by atoms with van der Waals surface area (Å²) in [6.07, 6.45) is 1.54. The number of carbonyl (C=O) groups excluding carboxylic acids is 1. The van der Waals surface area contributed by atoms with Crippen LogP contribution in [0.4, 0.5) is 5.69 Å². The number of nitrogens with one attached hydrogen (secondary N) is 1. The molecule has 0 radical (unpaired) electrons. The molecular formula is C19H21Cl2N3O4. The Labute approximate surface area is 173 Å². The fourth-order valence-electron chi connectivity index (χ4n) is 2.58. The van der Waals surface area contributed by atoms with Crippen molar-refractivity contribution in [3.05, 3.63) is 46.6 Å². The van der Waals surface area contributed by atoms with Gasteiger partial charge in [0.05, 0.1) is 30.1 Å². The molecule has 1 aromatic heterocycles. The summed E-state index contributed by atoms with van der Waals surface area (Å²) in [5.74, 6) is 0.576. The smallest absolute Gasteiger partial charge is 0.262 e. The van der Waals surface area contributed by atoms with Gasteiger partial charge in [-0.15, -0.1) is 0 Å². The van der Waals surface area contributed by atoms with Crippen molar-refractivity contribution in [1.29, 1.82) is 0 Å². The van der Waals surface area contributed by atoms with Crippen molar-refractivity contribution >= 4 is 34.8 Å². The normalized spacial score (nSPS) is 14.5.